The lowest BCUT2D eigenvalue weighted by Crippen LogP contribution is -1.95. The number of benzene rings is 6. The number of aromatic nitrogens is 2. The van der Waals surface area contributed by atoms with Crippen molar-refractivity contribution < 1.29 is 0 Å². The molecule has 53 heavy (non-hydrogen) atoms. The van der Waals surface area contributed by atoms with Crippen LogP contribution < -0.4 is 0 Å². The summed E-state index contributed by atoms with van der Waals surface area (Å²) in [5, 5.41) is 4.63. The van der Waals surface area contributed by atoms with Gasteiger partial charge in [0.25, 0.3) is 0 Å². The van der Waals surface area contributed by atoms with E-state index < -0.39 is 0 Å². The van der Waals surface area contributed by atoms with Gasteiger partial charge < -0.3 is 0 Å². The number of halogens is 1. The highest BCUT2D eigenvalue weighted by Gasteiger charge is 2.19. The molecule has 0 saturated carbocycles. The van der Waals surface area contributed by atoms with E-state index in [-0.39, 0.29) is 0 Å². The average molecular weight is 813 g/mol. The van der Waals surface area contributed by atoms with Crippen molar-refractivity contribution in [3.8, 4) is 44.5 Å². The van der Waals surface area contributed by atoms with Gasteiger partial charge in [0.1, 0.15) is 0 Å². The molecule has 0 aliphatic carbocycles. The van der Waals surface area contributed by atoms with Crippen LogP contribution in [0.1, 0.15) is 18.1 Å². The normalized spacial score (nSPS) is 11.6. The first-order valence-corrected chi connectivity index (χ1v) is 20.7. The number of allylic oxidation sites excluding steroid dienone is 5. The summed E-state index contributed by atoms with van der Waals surface area (Å²) in [6.07, 6.45) is 14.3. The number of hydrogen-bond acceptors (Lipinski definition) is 3. The van der Waals surface area contributed by atoms with E-state index in [9.17, 15) is 0 Å². The topological polar surface area (TPSA) is 25.8 Å². The smallest absolute Gasteiger partial charge is 0.0347 e. The molecule has 2 aromatic heterocycles. The molecule has 0 unspecified atom stereocenters. The van der Waals surface area contributed by atoms with Crippen LogP contribution in [0.3, 0.4) is 0 Å². The van der Waals surface area contributed by atoms with Crippen molar-refractivity contribution in [1.82, 2.24) is 9.97 Å². The van der Waals surface area contributed by atoms with E-state index in [1.165, 1.54) is 5.39 Å². The molecule has 2 heterocycles. The maximum atomic E-state index is 4.77. The zero-order valence-electron chi connectivity index (χ0n) is 29.3. The largest absolute Gasteiger partial charge is 0.263 e. The van der Waals surface area contributed by atoms with Crippen molar-refractivity contribution in [2.24, 2.45) is 0 Å². The second-order valence-electron chi connectivity index (χ2n) is 12.6. The maximum absolute atomic E-state index is 4.77. The van der Waals surface area contributed by atoms with Gasteiger partial charge in [0.2, 0.25) is 0 Å². The first-order valence-electron chi connectivity index (χ1n) is 17.4. The van der Waals surface area contributed by atoms with Gasteiger partial charge in [0, 0.05) is 47.0 Å². The summed E-state index contributed by atoms with van der Waals surface area (Å²) in [5.74, 6) is 0. The van der Waals surface area contributed by atoms with Crippen LogP contribution in [0.15, 0.2) is 195 Å². The molecule has 256 valence electrons. The van der Waals surface area contributed by atoms with Crippen LogP contribution in [-0.4, -0.2) is 9.97 Å². The SMILES string of the molecule is C=C/C(=C\C(=C/C)c1ccccc1)c1c2ccccc2c(-c2cncc(-c3ccccc3)c2)c2ccc(-c3cncc(-c4ccccc4)c3)cc12.SI. The third kappa shape index (κ3) is 7.52. The number of rotatable bonds is 8. The van der Waals surface area contributed by atoms with Gasteiger partial charge in [0.05, 0.1) is 0 Å². The number of nitrogens with zero attached hydrogens (tertiary/aromatic N) is 2. The number of hydrogen-bond donors (Lipinski definition) is 1. The standard InChI is InChI=1S/C49H36N2.HIS/c1-3-34(36-16-8-5-9-17-36)26-35(4-2)48-44-22-14-15-23-45(44)49(43-28-41(31-51-33-43)38-20-12-7-13-21-38)46-25-24-39(29-47(46)48)42-27-40(30-50-32-42)37-18-10-6-11-19-37;1-2/h3-33H,2H2,1H3;2H/b34-3+,35-26+;. The summed E-state index contributed by atoms with van der Waals surface area (Å²) in [5.41, 5.74) is 13.4. The highest BCUT2D eigenvalue weighted by molar-refractivity contribution is 14.2. The van der Waals surface area contributed by atoms with Crippen LogP contribution >= 0.6 is 31.0 Å². The Bertz CT molecular complexity index is 2590. The highest BCUT2D eigenvalue weighted by atomic mass is 127. The maximum Gasteiger partial charge on any atom is 0.0347 e. The minimum Gasteiger partial charge on any atom is -0.263 e. The van der Waals surface area contributed by atoms with Crippen LogP contribution in [-0.2, 0) is 0 Å². The molecule has 0 saturated heterocycles. The summed E-state index contributed by atoms with van der Waals surface area (Å²) in [4.78, 5) is 9.45. The molecule has 0 radical (unpaired) electrons. The summed E-state index contributed by atoms with van der Waals surface area (Å²) < 4.78 is 0. The van der Waals surface area contributed by atoms with Crippen molar-refractivity contribution in [2.45, 2.75) is 6.92 Å². The van der Waals surface area contributed by atoms with Crippen molar-refractivity contribution in [3.63, 3.8) is 0 Å². The van der Waals surface area contributed by atoms with E-state index in [1.807, 2.05) is 64.2 Å². The van der Waals surface area contributed by atoms with E-state index in [1.54, 1.807) is 0 Å². The van der Waals surface area contributed by atoms with E-state index in [0.29, 0.717) is 0 Å². The second-order valence-corrected chi connectivity index (χ2v) is 12.6. The average Bonchev–Trinajstić information content (AvgIpc) is 3.25. The van der Waals surface area contributed by atoms with E-state index in [4.69, 9.17) is 4.98 Å². The monoisotopic (exact) mass is 812 g/mol. The summed E-state index contributed by atoms with van der Waals surface area (Å²) in [6, 6.07) is 51.5. The molecule has 0 amide bonds. The van der Waals surface area contributed by atoms with Gasteiger partial charge in [0.15, 0.2) is 0 Å². The molecule has 4 heteroatoms. The fourth-order valence-corrected chi connectivity index (χ4v) is 7.10. The predicted octanol–water partition coefficient (Wildman–Crippen LogP) is 14.4. The minimum absolute atomic E-state index is 1.06. The fraction of sp³-hybridized carbons (Fsp3) is 0.0204. The lowest BCUT2D eigenvalue weighted by molar-refractivity contribution is 1.33. The van der Waals surface area contributed by atoms with Gasteiger partial charge in [-0.15, -0.1) is 9.80 Å². The molecule has 6 aromatic carbocycles. The molecule has 8 rings (SSSR count). The van der Waals surface area contributed by atoms with Crippen molar-refractivity contribution in [2.75, 3.05) is 0 Å². The highest BCUT2D eigenvalue weighted by Crippen LogP contribution is 2.44. The van der Waals surface area contributed by atoms with Gasteiger partial charge in [-0.2, -0.15) is 0 Å². The van der Waals surface area contributed by atoms with Crippen molar-refractivity contribution in [3.05, 3.63) is 206 Å². The molecule has 0 spiro atoms. The Balaban J connectivity index is 0.00000214. The van der Waals surface area contributed by atoms with Gasteiger partial charge in [-0.1, -0.05) is 146 Å². The van der Waals surface area contributed by atoms with Crippen molar-refractivity contribution >= 4 is 63.7 Å². The Morgan fingerprint density at radius 3 is 1.57 bits per heavy atom. The quantitative estimate of drug-likeness (QED) is 0.0716. The summed E-state index contributed by atoms with van der Waals surface area (Å²) in [6.45, 7) is 6.46. The summed E-state index contributed by atoms with van der Waals surface area (Å²) >= 11 is 1.84. The van der Waals surface area contributed by atoms with Crippen LogP contribution in [0.2, 0.25) is 0 Å². The third-order valence-corrected chi connectivity index (χ3v) is 9.57. The Morgan fingerprint density at radius 2 is 0.981 bits per heavy atom. The number of fused-ring (bicyclic) bond motifs is 2. The second kappa shape index (κ2) is 16.8. The Kier molecular flexibility index (Phi) is 11.4. The van der Waals surface area contributed by atoms with Crippen LogP contribution in [0.4, 0.5) is 0 Å². The van der Waals surface area contributed by atoms with Crippen LogP contribution in [0, 0.1) is 0 Å². The van der Waals surface area contributed by atoms with E-state index in [0.717, 1.165) is 82.9 Å². The fourth-order valence-electron chi connectivity index (χ4n) is 7.10. The lowest BCUT2D eigenvalue weighted by atomic mass is 9.84. The lowest BCUT2D eigenvalue weighted by Gasteiger charge is -2.20. The first-order chi connectivity index (χ1) is 26.2. The Hall–Kier alpha value is -5.56. The molecule has 2 nitrogen and oxygen atoms in total. The molecule has 0 aliphatic heterocycles. The summed E-state index contributed by atoms with van der Waals surface area (Å²) in [7, 11) is 3.50. The van der Waals surface area contributed by atoms with Gasteiger partial charge in [-0.05, 0) is 118 Å². The Morgan fingerprint density at radius 1 is 0.491 bits per heavy atom. The van der Waals surface area contributed by atoms with Gasteiger partial charge in [-0.3, -0.25) is 9.97 Å². The number of thiol groups is 1. The zero-order valence-corrected chi connectivity index (χ0v) is 32.4. The third-order valence-electron chi connectivity index (χ3n) is 9.57. The van der Waals surface area contributed by atoms with Crippen molar-refractivity contribution in [1.29, 1.82) is 0 Å². The molecule has 0 N–H and O–H groups in total. The minimum atomic E-state index is 1.06. The zero-order chi connectivity index (χ0) is 36.6. The van der Waals surface area contributed by atoms with E-state index >= 15 is 0 Å². The molecular formula is C49H37IN2S. The molecule has 0 aliphatic rings. The van der Waals surface area contributed by atoms with Crippen LogP contribution in [0.25, 0.3) is 77.2 Å². The van der Waals surface area contributed by atoms with Gasteiger partial charge >= 0.3 is 0 Å². The molecule has 0 atom stereocenters. The number of pyridine rings is 2. The first kappa shape index (κ1) is 35.8. The molecular weight excluding hydrogens is 776 g/mol. The van der Waals surface area contributed by atoms with E-state index in [2.05, 4.69) is 174 Å². The molecule has 0 fully saturated rings. The Labute approximate surface area is 329 Å². The molecule has 8 aromatic rings. The predicted molar refractivity (Wildman–Crippen MR) is 240 cm³/mol. The van der Waals surface area contributed by atoms with Gasteiger partial charge in [-0.25, -0.2) is 0 Å². The molecule has 0 bridgehead atoms. The van der Waals surface area contributed by atoms with Crippen LogP contribution in [0.5, 0.6) is 0 Å².